The van der Waals surface area contributed by atoms with E-state index in [0.29, 0.717) is 0 Å². The van der Waals surface area contributed by atoms with Crippen LogP contribution < -0.4 is 11.1 Å². The summed E-state index contributed by atoms with van der Waals surface area (Å²) in [6.07, 6.45) is 6.15. The largest absolute Gasteiger partial charge is 0.399 e. The topological polar surface area (TPSA) is 55.1 Å². The number of amides is 1. The molecule has 1 amide bonds. The van der Waals surface area contributed by atoms with E-state index in [9.17, 15) is 4.79 Å². The third kappa shape index (κ3) is 3.20. The van der Waals surface area contributed by atoms with Gasteiger partial charge in [0.05, 0.1) is 5.41 Å². The van der Waals surface area contributed by atoms with Crippen LogP contribution in [-0.4, -0.2) is 23.5 Å². The minimum atomic E-state index is -0.306. The van der Waals surface area contributed by atoms with Crippen molar-refractivity contribution < 1.29 is 4.79 Å². The molecule has 1 aromatic rings. The summed E-state index contributed by atoms with van der Waals surface area (Å²) in [4.78, 5) is 12.7. The number of hydrogen-bond donors (Lipinski definition) is 2. The molecule has 1 aliphatic rings. The van der Waals surface area contributed by atoms with Gasteiger partial charge in [0.1, 0.15) is 0 Å². The molecule has 0 spiro atoms. The van der Waals surface area contributed by atoms with Gasteiger partial charge in [-0.2, -0.15) is 11.8 Å². The van der Waals surface area contributed by atoms with Gasteiger partial charge in [-0.1, -0.05) is 26.0 Å². The second-order valence-electron chi connectivity index (χ2n) is 5.98. The molecule has 1 aromatic carbocycles. The van der Waals surface area contributed by atoms with E-state index in [2.05, 4.69) is 25.4 Å². The Morgan fingerprint density at radius 2 is 1.86 bits per heavy atom. The highest BCUT2D eigenvalue weighted by Gasteiger charge is 2.51. The lowest BCUT2D eigenvalue weighted by atomic mass is 9.94. The van der Waals surface area contributed by atoms with Crippen molar-refractivity contribution >= 4 is 23.4 Å². The van der Waals surface area contributed by atoms with Crippen LogP contribution in [-0.2, 0) is 10.2 Å². The Hall–Kier alpha value is -1.16. The first kappa shape index (κ1) is 16.2. The van der Waals surface area contributed by atoms with Gasteiger partial charge >= 0.3 is 0 Å². The van der Waals surface area contributed by atoms with Gasteiger partial charge in [0.15, 0.2) is 0 Å². The van der Waals surface area contributed by atoms with E-state index in [-0.39, 0.29) is 16.1 Å². The van der Waals surface area contributed by atoms with Crippen molar-refractivity contribution in [3.8, 4) is 0 Å². The van der Waals surface area contributed by atoms with Crippen LogP contribution in [0.15, 0.2) is 24.3 Å². The van der Waals surface area contributed by atoms with Crippen molar-refractivity contribution in [3.63, 3.8) is 0 Å². The molecule has 1 aliphatic carbocycles. The molecule has 0 aromatic heterocycles. The Morgan fingerprint density at radius 3 is 2.29 bits per heavy atom. The van der Waals surface area contributed by atoms with Crippen molar-refractivity contribution in [1.82, 2.24) is 5.32 Å². The number of nitrogens with two attached hydrogens (primary N) is 1. The first-order valence-corrected chi connectivity index (χ1v) is 8.94. The molecule has 0 radical (unpaired) electrons. The van der Waals surface area contributed by atoms with Crippen LogP contribution in [0.1, 0.15) is 45.1 Å². The molecule has 0 heterocycles. The summed E-state index contributed by atoms with van der Waals surface area (Å²) in [5.74, 6) is 0.174. The first-order valence-electron chi connectivity index (χ1n) is 7.71. The quantitative estimate of drug-likeness (QED) is 0.760. The molecule has 0 unspecified atom stereocenters. The fraction of sp³-hybridized carbons (Fsp3) is 0.588. The van der Waals surface area contributed by atoms with Gasteiger partial charge in [-0.25, -0.2) is 0 Å². The van der Waals surface area contributed by atoms with E-state index in [1.54, 1.807) is 0 Å². The first-order chi connectivity index (χ1) is 10.0. The molecule has 0 aliphatic heterocycles. The highest BCUT2D eigenvalue weighted by molar-refractivity contribution is 8.00. The molecule has 3 N–H and O–H groups in total. The predicted octanol–water partition coefficient (Wildman–Crippen LogP) is 3.34. The fourth-order valence-corrected chi connectivity index (χ4v) is 3.64. The lowest BCUT2D eigenvalue weighted by Crippen LogP contribution is -2.43. The number of carbonyl (C=O) groups excluding carboxylic acids is 1. The SMILES string of the molecule is CCC(CC)(CNC(=O)C1(c2ccc(N)cc2)CC1)SC. The van der Waals surface area contributed by atoms with Crippen molar-refractivity contribution in [2.75, 3.05) is 18.5 Å². The molecule has 0 atom stereocenters. The fourth-order valence-electron chi connectivity index (χ4n) is 2.85. The molecule has 21 heavy (non-hydrogen) atoms. The zero-order valence-corrected chi connectivity index (χ0v) is 14.1. The van der Waals surface area contributed by atoms with E-state index >= 15 is 0 Å². The van der Waals surface area contributed by atoms with Gasteiger partial charge in [0.25, 0.3) is 0 Å². The summed E-state index contributed by atoms with van der Waals surface area (Å²) in [6, 6.07) is 7.74. The number of carbonyl (C=O) groups is 1. The van der Waals surface area contributed by atoms with Gasteiger partial charge < -0.3 is 11.1 Å². The van der Waals surface area contributed by atoms with Crippen molar-refractivity contribution in [3.05, 3.63) is 29.8 Å². The van der Waals surface area contributed by atoms with Gasteiger partial charge in [0.2, 0.25) is 5.91 Å². The Labute approximate surface area is 132 Å². The maximum Gasteiger partial charge on any atom is 0.230 e. The summed E-state index contributed by atoms with van der Waals surface area (Å²) >= 11 is 1.86. The molecule has 1 saturated carbocycles. The molecule has 116 valence electrons. The number of thioether (sulfide) groups is 1. The van der Waals surface area contributed by atoms with Crippen molar-refractivity contribution in [2.45, 2.75) is 49.7 Å². The average Bonchev–Trinajstić information content (AvgIpc) is 3.31. The summed E-state index contributed by atoms with van der Waals surface area (Å²) in [5.41, 5.74) is 7.26. The second-order valence-corrected chi connectivity index (χ2v) is 7.26. The highest BCUT2D eigenvalue weighted by Crippen LogP contribution is 2.48. The maximum atomic E-state index is 12.7. The number of hydrogen-bond acceptors (Lipinski definition) is 3. The number of benzene rings is 1. The third-order valence-corrected chi connectivity index (χ3v) is 6.53. The summed E-state index contributed by atoms with van der Waals surface area (Å²) < 4.78 is 0.160. The zero-order valence-electron chi connectivity index (χ0n) is 13.2. The smallest absolute Gasteiger partial charge is 0.230 e. The van der Waals surface area contributed by atoms with Gasteiger partial charge in [0, 0.05) is 17.0 Å². The minimum Gasteiger partial charge on any atom is -0.399 e. The Kier molecular flexibility index (Phi) is 4.87. The molecule has 4 heteroatoms. The van der Waals surface area contributed by atoms with E-state index in [1.165, 1.54) is 0 Å². The van der Waals surface area contributed by atoms with Crippen LogP contribution in [0, 0.1) is 0 Å². The molecule has 0 bridgehead atoms. The van der Waals surface area contributed by atoms with E-state index in [1.807, 2.05) is 36.0 Å². The normalized spacial score (nSPS) is 16.5. The van der Waals surface area contributed by atoms with Crippen LogP contribution in [0.2, 0.25) is 0 Å². The van der Waals surface area contributed by atoms with Crippen LogP contribution in [0.3, 0.4) is 0 Å². The van der Waals surface area contributed by atoms with E-state index in [0.717, 1.165) is 43.5 Å². The van der Waals surface area contributed by atoms with Crippen LogP contribution in [0.25, 0.3) is 0 Å². The number of nitrogens with one attached hydrogen (secondary N) is 1. The molecule has 2 rings (SSSR count). The third-order valence-electron chi connectivity index (χ3n) is 4.94. The van der Waals surface area contributed by atoms with Gasteiger partial charge in [-0.3, -0.25) is 4.79 Å². The van der Waals surface area contributed by atoms with Crippen LogP contribution >= 0.6 is 11.8 Å². The summed E-state index contributed by atoms with van der Waals surface area (Å²) in [5, 5.41) is 3.20. The molecular formula is C17H26N2OS. The highest BCUT2D eigenvalue weighted by atomic mass is 32.2. The lowest BCUT2D eigenvalue weighted by molar-refractivity contribution is -0.123. The van der Waals surface area contributed by atoms with Crippen molar-refractivity contribution in [2.24, 2.45) is 0 Å². The summed E-state index contributed by atoms with van der Waals surface area (Å²) in [7, 11) is 0. The number of nitrogen functional groups attached to an aromatic ring is 1. The Morgan fingerprint density at radius 1 is 1.29 bits per heavy atom. The molecular weight excluding hydrogens is 280 g/mol. The summed E-state index contributed by atoms with van der Waals surface area (Å²) in [6.45, 7) is 5.13. The number of anilines is 1. The molecule has 3 nitrogen and oxygen atoms in total. The zero-order chi connectivity index (χ0) is 15.5. The van der Waals surface area contributed by atoms with Crippen molar-refractivity contribution in [1.29, 1.82) is 0 Å². The molecule has 1 fully saturated rings. The van der Waals surface area contributed by atoms with E-state index < -0.39 is 0 Å². The standard InChI is InChI=1S/C17H26N2OS/c1-4-16(5-2,21-3)12-19-15(20)17(10-11-17)13-6-8-14(18)9-7-13/h6-9H,4-5,10-12,18H2,1-3H3,(H,19,20). The Bertz CT molecular complexity index is 482. The second kappa shape index (κ2) is 6.30. The monoisotopic (exact) mass is 306 g/mol. The van der Waals surface area contributed by atoms with Gasteiger partial charge in [-0.15, -0.1) is 0 Å². The minimum absolute atomic E-state index is 0.160. The lowest BCUT2D eigenvalue weighted by Gasteiger charge is -2.30. The Balaban J connectivity index is 2.05. The number of rotatable bonds is 7. The van der Waals surface area contributed by atoms with Gasteiger partial charge in [-0.05, 0) is 49.6 Å². The average molecular weight is 306 g/mol. The maximum absolute atomic E-state index is 12.7. The predicted molar refractivity (Wildman–Crippen MR) is 91.6 cm³/mol. The van der Waals surface area contributed by atoms with Crippen LogP contribution in [0.4, 0.5) is 5.69 Å². The van der Waals surface area contributed by atoms with Crippen LogP contribution in [0.5, 0.6) is 0 Å². The molecule has 0 saturated heterocycles. The van der Waals surface area contributed by atoms with E-state index in [4.69, 9.17) is 5.73 Å².